The van der Waals surface area contributed by atoms with Crippen molar-refractivity contribution in [2.45, 2.75) is 24.3 Å². The number of aryl methyl sites for hydroxylation is 1. The van der Waals surface area contributed by atoms with Crippen molar-refractivity contribution in [3.8, 4) is 0 Å². The molecule has 0 atom stereocenters. The Morgan fingerprint density at radius 1 is 1.47 bits per heavy atom. The lowest BCUT2D eigenvalue weighted by molar-refractivity contribution is -0.118. The molecular formula is C10H15N3O3S. The summed E-state index contributed by atoms with van der Waals surface area (Å²) >= 11 is 0. The highest BCUT2D eigenvalue weighted by Crippen LogP contribution is 2.08. The van der Waals surface area contributed by atoms with Crippen LogP contribution in [-0.2, 0) is 21.2 Å². The average Bonchev–Trinajstić information content (AvgIpc) is 2.29. The van der Waals surface area contributed by atoms with Crippen LogP contribution in [0.4, 0.5) is 0 Å². The standard InChI is InChI=1S/C10H15N3O3S/c1-12-17(15,16)10-6-5-8(7-13-10)3-2-4-9(11)14/h5-7,12H,2-4H2,1H3,(H2,11,14). The second-order valence-electron chi connectivity index (χ2n) is 3.53. The van der Waals surface area contributed by atoms with E-state index in [0.29, 0.717) is 19.3 Å². The monoisotopic (exact) mass is 257 g/mol. The van der Waals surface area contributed by atoms with Gasteiger partial charge in [0.05, 0.1) is 0 Å². The zero-order chi connectivity index (χ0) is 12.9. The van der Waals surface area contributed by atoms with Gasteiger partial charge in [0.25, 0.3) is 10.0 Å². The molecular weight excluding hydrogens is 242 g/mol. The number of rotatable bonds is 6. The fourth-order valence-electron chi connectivity index (χ4n) is 1.29. The SMILES string of the molecule is CNS(=O)(=O)c1ccc(CCCC(N)=O)cn1. The Bertz CT molecular complexity index is 482. The second-order valence-corrected chi connectivity index (χ2v) is 5.37. The molecule has 1 aromatic rings. The molecule has 7 heteroatoms. The predicted octanol–water partition coefficient (Wildman–Crippen LogP) is -0.202. The van der Waals surface area contributed by atoms with Gasteiger partial charge in [-0.3, -0.25) is 4.79 Å². The van der Waals surface area contributed by atoms with Gasteiger partial charge >= 0.3 is 0 Å². The molecule has 3 N–H and O–H groups in total. The van der Waals surface area contributed by atoms with Gasteiger partial charge in [0.2, 0.25) is 5.91 Å². The lowest BCUT2D eigenvalue weighted by Crippen LogP contribution is -2.19. The normalized spacial score (nSPS) is 11.4. The van der Waals surface area contributed by atoms with Crippen LogP contribution in [0.2, 0.25) is 0 Å². The summed E-state index contributed by atoms with van der Waals surface area (Å²) in [5.74, 6) is -0.340. The maximum atomic E-state index is 11.4. The summed E-state index contributed by atoms with van der Waals surface area (Å²) < 4.78 is 24.9. The van der Waals surface area contributed by atoms with Crippen LogP contribution in [0.1, 0.15) is 18.4 Å². The van der Waals surface area contributed by atoms with Gasteiger partial charge in [-0.15, -0.1) is 0 Å². The molecule has 0 fully saturated rings. The van der Waals surface area contributed by atoms with Gasteiger partial charge in [-0.25, -0.2) is 18.1 Å². The lowest BCUT2D eigenvalue weighted by Gasteiger charge is -2.03. The van der Waals surface area contributed by atoms with E-state index in [2.05, 4.69) is 9.71 Å². The van der Waals surface area contributed by atoms with E-state index in [4.69, 9.17) is 5.73 Å². The summed E-state index contributed by atoms with van der Waals surface area (Å²) in [6.07, 6.45) is 3.09. The van der Waals surface area contributed by atoms with Crippen molar-refractivity contribution >= 4 is 15.9 Å². The Morgan fingerprint density at radius 3 is 2.65 bits per heavy atom. The van der Waals surface area contributed by atoms with Crippen LogP contribution in [0.15, 0.2) is 23.4 Å². The Labute approximate surface area is 100 Å². The summed E-state index contributed by atoms with van der Waals surface area (Å²) in [7, 11) is -2.15. The molecule has 1 heterocycles. The summed E-state index contributed by atoms with van der Waals surface area (Å²) in [6, 6.07) is 3.11. The number of carbonyl (C=O) groups is 1. The van der Waals surface area contributed by atoms with Crippen LogP contribution >= 0.6 is 0 Å². The topological polar surface area (TPSA) is 102 Å². The first-order valence-corrected chi connectivity index (χ1v) is 6.61. The maximum absolute atomic E-state index is 11.4. The van der Waals surface area contributed by atoms with Crippen LogP contribution < -0.4 is 10.5 Å². The number of sulfonamides is 1. The lowest BCUT2D eigenvalue weighted by atomic mass is 10.1. The first-order valence-electron chi connectivity index (χ1n) is 5.12. The maximum Gasteiger partial charge on any atom is 0.257 e. The molecule has 0 aromatic carbocycles. The smallest absolute Gasteiger partial charge is 0.257 e. The van der Waals surface area contributed by atoms with E-state index < -0.39 is 10.0 Å². The quantitative estimate of drug-likeness (QED) is 0.736. The zero-order valence-corrected chi connectivity index (χ0v) is 10.3. The third kappa shape index (κ3) is 4.12. The number of aromatic nitrogens is 1. The zero-order valence-electron chi connectivity index (χ0n) is 9.51. The molecule has 0 aliphatic carbocycles. The fourth-order valence-corrected chi connectivity index (χ4v) is 1.94. The summed E-state index contributed by atoms with van der Waals surface area (Å²) in [6.45, 7) is 0. The number of carbonyl (C=O) groups excluding carboxylic acids is 1. The van der Waals surface area contributed by atoms with Gasteiger partial charge in [0, 0.05) is 12.6 Å². The highest BCUT2D eigenvalue weighted by atomic mass is 32.2. The minimum absolute atomic E-state index is 0.0151. The number of hydrogen-bond acceptors (Lipinski definition) is 4. The average molecular weight is 257 g/mol. The van der Waals surface area contributed by atoms with Gasteiger partial charge in [0.15, 0.2) is 5.03 Å². The van der Waals surface area contributed by atoms with Gasteiger partial charge < -0.3 is 5.73 Å². The number of hydrogen-bond donors (Lipinski definition) is 2. The van der Waals surface area contributed by atoms with Gasteiger partial charge in [-0.2, -0.15) is 0 Å². The molecule has 1 aromatic heterocycles. The van der Waals surface area contributed by atoms with Crippen LogP contribution in [0.3, 0.4) is 0 Å². The van der Waals surface area contributed by atoms with Crippen LogP contribution in [0.5, 0.6) is 0 Å². The van der Waals surface area contributed by atoms with Gasteiger partial charge in [-0.05, 0) is 31.5 Å². The molecule has 1 rings (SSSR count). The van der Waals surface area contributed by atoms with E-state index in [1.807, 2.05) is 0 Å². The summed E-state index contributed by atoms with van der Waals surface area (Å²) in [5.41, 5.74) is 5.89. The van der Waals surface area contributed by atoms with E-state index in [1.165, 1.54) is 19.3 Å². The number of nitrogens with zero attached hydrogens (tertiary/aromatic N) is 1. The molecule has 0 saturated carbocycles. The van der Waals surface area contributed by atoms with Crippen LogP contribution in [0, 0.1) is 0 Å². The highest BCUT2D eigenvalue weighted by molar-refractivity contribution is 7.89. The van der Waals surface area contributed by atoms with Crippen molar-refractivity contribution in [1.82, 2.24) is 9.71 Å². The number of primary amides is 1. The number of amides is 1. The number of pyridine rings is 1. The third-order valence-electron chi connectivity index (χ3n) is 2.23. The molecule has 0 spiro atoms. The van der Waals surface area contributed by atoms with E-state index in [-0.39, 0.29) is 10.9 Å². The second kappa shape index (κ2) is 5.74. The molecule has 0 aliphatic heterocycles. The first-order chi connectivity index (χ1) is 7.95. The Balaban J connectivity index is 2.66. The molecule has 0 aliphatic rings. The minimum atomic E-state index is -3.48. The van der Waals surface area contributed by atoms with Crippen molar-refractivity contribution < 1.29 is 13.2 Å². The largest absolute Gasteiger partial charge is 0.370 e. The first kappa shape index (κ1) is 13.6. The van der Waals surface area contributed by atoms with Crippen molar-refractivity contribution in [2.24, 2.45) is 5.73 Å². The van der Waals surface area contributed by atoms with E-state index >= 15 is 0 Å². The predicted molar refractivity (Wildman–Crippen MR) is 62.6 cm³/mol. The molecule has 1 amide bonds. The summed E-state index contributed by atoms with van der Waals surface area (Å²) in [4.78, 5) is 14.4. The fraction of sp³-hybridized carbons (Fsp3) is 0.400. The number of nitrogens with two attached hydrogens (primary N) is 1. The van der Waals surface area contributed by atoms with E-state index in [0.717, 1.165) is 5.56 Å². The van der Waals surface area contributed by atoms with Crippen LogP contribution in [0.25, 0.3) is 0 Å². The Kier molecular flexibility index (Phi) is 4.59. The third-order valence-corrected chi connectivity index (χ3v) is 3.56. The van der Waals surface area contributed by atoms with Gasteiger partial charge in [0.1, 0.15) is 0 Å². The van der Waals surface area contributed by atoms with Crippen molar-refractivity contribution in [3.05, 3.63) is 23.9 Å². The number of nitrogens with one attached hydrogen (secondary N) is 1. The van der Waals surface area contributed by atoms with Gasteiger partial charge in [-0.1, -0.05) is 6.07 Å². The van der Waals surface area contributed by atoms with Crippen molar-refractivity contribution in [3.63, 3.8) is 0 Å². The molecule has 17 heavy (non-hydrogen) atoms. The molecule has 0 unspecified atom stereocenters. The van der Waals surface area contributed by atoms with Crippen LogP contribution in [-0.4, -0.2) is 26.4 Å². The van der Waals surface area contributed by atoms with Crippen molar-refractivity contribution in [2.75, 3.05) is 7.05 Å². The molecule has 6 nitrogen and oxygen atoms in total. The Hall–Kier alpha value is -1.47. The molecule has 0 bridgehead atoms. The summed E-state index contributed by atoms with van der Waals surface area (Å²) in [5, 5.41) is -0.0151. The van der Waals surface area contributed by atoms with E-state index in [9.17, 15) is 13.2 Å². The molecule has 0 radical (unpaired) electrons. The Morgan fingerprint density at radius 2 is 2.18 bits per heavy atom. The minimum Gasteiger partial charge on any atom is -0.370 e. The highest BCUT2D eigenvalue weighted by Gasteiger charge is 2.12. The van der Waals surface area contributed by atoms with Crippen molar-refractivity contribution in [1.29, 1.82) is 0 Å². The molecule has 94 valence electrons. The van der Waals surface area contributed by atoms with E-state index in [1.54, 1.807) is 6.07 Å². The molecule has 0 saturated heterocycles.